The van der Waals surface area contributed by atoms with Gasteiger partial charge in [-0.2, -0.15) is 4.98 Å². The highest BCUT2D eigenvalue weighted by atomic mass is 35.5. The molecule has 6 aromatic carbocycles. The van der Waals surface area contributed by atoms with E-state index in [1.54, 1.807) is 93.7 Å². The summed E-state index contributed by atoms with van der Waals surface area (Å²) in [7, 11) is 14.2. The van der Waals surface area contributed by atoms with Crippen LogP contribution in [0, 0.1) is 0 Å². The van der Waals surface area contributed by atoms with Gasteiger partial charge in [-0.3, -0.25) is 14.7 Å². The number of nitrogens with one attached hydrogen (secondary N) is 3. The number of fused-ring (bicyclic) bond motifs is 3. The van der Waals surface area contributed by atoms with Crippen molar-refractivity contribution in [1.29, 1.82) is 0 Å². The number of ether oxygens (including phenoxy) is 9. The number of hydrogen-bond donors (Lipinski definition) is 6. The molecule has 2 fully saturated rings. The Morgan fingerprint density at radius 2 is 0.862 bits per heavy atom. The van der Waals surface area contributed by atoms with Crippen LogP contribution in [0.4, 0.5) is 35.0 Å². The fourth-order valence-corrected chi connectivity index (χ4v) is 15.9. The van der Waals surface area contributed by atoms with Gasteiger partial charge in [0.25, 0.3) is 0 Å². The van der Waals surface area contributed by atoms with Gasteiger partial charge in [-0.15, -0.1) is 12.4 Å². The fourth-order valence-electron chi connectivity index (χ4n) is 15.2. The van der Waals surface area contributed by atoms with E-state index in [4.69, 9.17) is 98.2 Å². The molecule has 0 radical (unpaired) electrons. The number of nitrogens with two attached hydrogens (primary N) is 1. The number of rotatable bonds is 25. The Bertz CT molecular complexity index is 5350. The Morgan fingerprint density at radius 3 is 1.28 bits per heavy atom. The van der Waals surface area contributed by atoms with E-state index in [0.29, 0.717) is 105 Å². The summed E-state index contributed by atoms with van der Waals surface area (Å²) in [4.78, 5) is 49.7. The summed E-state index contributed by atoms with van der Waals surface area (Å²) in [5.74, 6) is 8.84. The summed E-state index contributed by atoms with van der Waals surface area (Å²) < 4.78 is 54.3. The second kappa shape index (κ2) is 44.0. The summed E-state index contributed by atoms with van der Waals surface area (Å²) in [6.07, 6.45) is 17.4. The first-order valence-corrected chi connectivity index (χ1v) is 41.1. The van der Waals surface area contributed by atoms with Crippen molar-refractivity contribution in [2.75, 3.05) is 131 Å². The normalized spacial score (nSPS) is 15.2. The van der Waals surface area contributed by atoms with Crippen molar-refractivity contribution < 1.29 is 52.8 Å². The van der Waals surface area contributed by atoms with Crippen LogP contribution < -0.4 is 69.2 Å². The fraction of sp³-hybridized carbons (Fsp3) is 0.352. The van der Waals surface area contributed by atoms with Crippen molar-refractivity contribution >= 4 is 82.2 Å². The predicted octanol–water partition coefficient (Wildman–Crippen LogP) is 13.6. The van der Waals surface area contributed by atoms with E-state index in [1.165, 1.54) is 23.1 Å². The molecule has 0 amide bonds. The maximum atomic E-state index is 9.98. The lowest BCUT2D eigenvalue weighted by atomic mass is 10.0. The second-order valence-corrected chi connectivity index (χ2v) is 30.2. The second-order valence-electron chi connectivity index (χ2n) is 29.2. The highest BCUT2D eigenvalue weighted by Crippen LogP contribution is 2.43. The third-order valence-electron chi connectivity index (χ3n) is 21.4. The molecule has 11 heterocycles. The molecule has 0 saturated carbocycles. The summed E-state index contributed by atoms with van der Waals surface area (Å²) in [6.45, 7) is 9.94. The van der Waals surface area contributed by atoms with E-state index in [0.717, 1.165) is 161 Å². The van der Waals surface area contributed by atoms with Crippen LogP contribution in [-0.4, -0.2) is 205 Å². The third-order valence-corrected chi connectivity index (χ3v) is 22.0. The van der Waals surface area contributed by atoms with Crippen LogP contribution in [0.15, 0.2) is 165 Å². The highest BCUT2D eigenvalue weighted by molar-refractivity contribution is 6.32. The molecule has 12 aromatic rings. The first-order chi connectivity index (χ1) is 59.5. The van der Waals surface area contributed by atoms with Gasteiger partial charge in [0, 0.05) is 131 Å². The first-order valence-electron chi connectivity index (χ1n) is 40.0. The minimum absolute atomic E-state index is 0. The zero-order valence-corrected chi connectivity index (χ0v) is 73.3. The van der Waals surface area contributed by atoms with Gasteiger partial charge in [0.2, 0.25) is 33.8 Å². The molecule has 123 heavy (non-hydrogen) atoms. The number of aromatic nitrogens is 12. The summed E-state index contributed by atoms with van der Waals surface area (Å²) in [6, 6.07) is 42.9. The van der Waals surface area contributed by atoms with Crippen molar-refractivity contribution in [3.8, 4) is 68.8 Å². The van der Waals surface area contributed by atoms with Gasteiger partial charge in [0.15, 0.2) is 34.5 Å². The Balaban J connectivity index is 0.000000153. The number of hydrogen-bond acceptors (Lipinski definition) is 28. The van der Waals surface area contributed by atoms with Crippen molar-refractivity contribution in [2.45, 2.75) is 96.3 Å². The monoisotopic (exact) mass is 1760 g/mol. The van der Waals surface area contributed by atoms with Crippen LogP contribution in [0.2, 0.25) is 15.7 Å². The number of methoxy groups -OCH3 is 9. The molecule has 0 spiro atoms. The topological polar surface area (TPSA) is 329 Å². The number of nitrogen functional groups attached to an aromatic ring is 1. The van der Waals surface area contributed by atoms with Gasteiger partial charge in [-0.05, 0) is 85.0 Å². The maximum Gasteiger partial charge on any atom is 0.227 e. The number of imidazole rings is 3. The number of aliphatic hydroxyl groups excluding tert-OH is 2. The number of aliphatic hydroxyl groups is 2. The molecule has 0 bridgehead atoms. The lowest BCUT2D eigenvalue weighted by molar-refractivity contribution is 0.241. The average Bonchev–Trinajstić information content (AvgIpc) is 1.77. The number of halogens is 4. The molecule has 7 N–H and O–H groups in total. The van der Waals surface area contributed by atoms with Gasteiger partial charge < -0.3 is 93.1 Å². The molecule has 0 unspecified atom stereocenters. The summed E-state index contributed by atoms with van der Waals surface area (Å²) >= 11 is 18.3. The first kappa shape index (κ1) is 90.7. The van der Waals surface area contributed by atoms with Crippen LogP contribution in [0.1, 0.15) is 76.1 Å². The lowest BCUT2D eigenvalue weighted by Crippen LogP contribution is -2.36. The Kier molecular flexibility index (Phi) is 32.5. The van der Waals surface area contributed by atoms with Gasteiger partial charge in [0.1, 0.15) is 53.2 Å². The van der Waals surface area contributed by atoms with Gasteiger partial charge >= 0.3 is 0 Å². The van der Waals surface area contributed by atoms with E-state index in [2.05, 4.69) is 143 Å². The molecule has 6 aromatic heterocycles. The molecular formula is C88H104Cl4N20O11. The molecule has 650 valence electrons. The molecule has 5 aliphatic rings. The van der Waals surface area contributed by atoms with E-state index in [1.807, 2.05) is 76.1 Å². The molecule has 0 aliphatic carbocycles. The molecular weight excluding hydrogens is 1650 g/mol. The quantitative estimate of drug-likeness (QED) is 0.0229. The third kappa shape index (κ3) is 23.1. The van der Waals surface area contributed by atoms with Crippen molar-refractivity contribution in [1.82, 2.24) is 78.6 Å². The molecule has 2 saturated heterocycles. The largest absolute Gasteiger partial charge is 0.493 e. The van der Waals surface area contributed by atoms with Gasteiger partial charge in [-0.1, -0.05) is 103 Å². The lowest BCUT2D eigenvalue weighted by Gasteiger charge is -2.31. The van der Waals surface area contributed by atoms with Crippen molar-refractivity contribution in [3.05, 3.63) is 231 Å². The van der Waals surface area contributed by atoms with Crippen LogP contribution in [-0.2, 0) is 58.5 Å². The smallest absolute Gasteiger partial charge is 0.227 e. The zero-order chi connectivity index (χ0) is 85.6. The predicted molar refractivity (Wildman–Crippen MR) is 477 cm³/mol. The highest BCUT2D eigenvalue weighted by Gasteiger charge is 2.32. The van der Waals surface area contributed by atoms with Gasteiger partial charge in [-0.25, -0.2) is 39.9 Å². The molecule has 5 aliphatic heterocycles. The van der Waals surface area contributed by atoms with E-state index < -0.39 is 0 Å². The Morgan fingerprint density at radius 1 is 0.439 bits per heavy atom. The molecule has 17 rings (SSSR count). The molecule has 35 heteroatoms. The van der Waals surface area contributed by atoms with Crippen LogP contribution >= 0.6 is 47.2 Å². The van der Waals surface area contributed by atoms with Crippen molar-refractivity contribution in [2.24, 2.45) is 0 Å². The van der Waals surface area contributed by atoms with E-state index in [9.17, 15) is 5.11 Å². The van der Waals surface area contributed by atoms with E-state index >= 15 is 0 Å². The average molecular weight is 1760 g/mol. The summed E-state index contributed by atoms with van der Waals surface area (Å²) in [5, 5.41) is 29.4. The number of anilines is 6. The van der Waals surface area contributed by atoms with Gasteiger partial charge in [0.05, 0.1) is 136 Å². The van der Waals surface area contributed by atoms with E-state index in [-0.39, 0.29) is 35.6 Å². The van der Waals surface area contributed by atoms with Crippen LogP contribution in [0.3, 0.4) is 0 Å². The Hall–Kier alpha value is -11.5. The molecule has 2 atom stereocenters. The number of benzene rings is 6. The number of nitrogens with zero attached hydrogens (tertiary/aromatic N) is 16. The molecule has 31 nitrogen and oxygen atoms in total. The minimum atomic E-state index is 0. The summed E-state index contributed by atoms with van der Waals surface area (Å²) in [5.41, 5.74) is 18.0. The Labute approximate surface area is 736 Å². The zero-order valence-electron chi connectivity index (χ0n) is 70.2. The SMILES string of the molecule is COc1cc(-n2cnc(N)c2)cc(OC)c1OC.COc1cc(-n2cnc(Nc3nc(Cl)nc4c3CCN(Cc3ccccc3)C4)c2)cc(OC)c1OC.COc1cc(-n2cnc(Nc3nc(N4CCC[C@H]4CO)nc4c3CN(Cc3ccccc3)CC4)c2)cc(OC)c1OC.Cl.Clc1nc(Cl)c2c(n1)CN(Cc1ccccc1)CC2.OC[C@@H]1CCCN1. The standard InChI is InChI=1S/C31H37N7O4.C26H27ClN6O3.C14H13Cl2N3.C12H15N3O3.C5H11NO.ClH/c1-40-26-14-23(15-27(41-2)29(26)42-3)37-18-28(32-20-37)34-30-24-17-36(16-21-8-5-4-6-9-21)13-11-25(24)33-31(35-30)38-12-7-10-22(38)19-39;1-34-21-11-18(12-22(35-2)24(21)36-3)33-15-23(28-16-33)30-25-19-9-10-32(13-17-7-5-4-6-8-17)14-20(19)29-26(27)31-25;15-13-11-6-7-19(8-10-4-2-1-3-5-10)9-12(11)17-14(16)18-13;1-16-9-4-8(15-6-11(13)14-7-15)5-10(17-2)12(9)18-3;7-4-5-2-1-3-6-5;/h4-6,8-9,14-15,18,20,22,39H,7,10-13,16-17,19H2,1-3H3,(H,33,34,35);4-8,11-12,15-16H,9-10,13-14H2,1-3H3,(H,29,30,31);1-5H,6-9H2;4-7H,13H2,1-3H3;5-7H,1-4H2;1H/t22-;;;;5-;/m0...0./s1. The minimum Gasteiger partial charge on any atom is -0.493 e. The van der Waals surface area contributed by atoms with Crippen LogP contribution in [0.25, 0.3) is 17.1 Å². The maximum absolute atomic E-state index is 9.98. The van der Waals surface area contributed by atoms with Crippen LogP contribution in [0.5, 0.6) is 51.7 Å². The van der Waals surface area contributed by atoms with Crippen molar-refractivity contribution in [3.63, 3.8) is 0 Å².